The Labute approximate surface area is 146 Å². The summed E-state index contributed by atoms with van der Waals surface area (Å²) in [6.07, 6.45) is -0.0880. The maximum atomic E-state index is 12.8. The van der Waals surface area contributed by atoms with Crippen LogP contribution in [0.3, 0.4) is 0 Å². The number of fused-ring (bicyclic) bond motifs is 1. The van der Waals surface area contributed by atoms with Crippen LogP contribution in [0, 0.1) is 0 Å². The lowest BCUT2D eigenvalue weighted by atomic mass is 10.1. The van der Waals surface area contributed by atoms with Crippen LogP contribution in [0.5, 0.6) is 0 Å². The molecule has 1 amide bonds. The van der Waals surface area contributed by atoms with Gasteiger partial charge in [-0.1, -0.05) is 41.9 Å². The van der Waals surface area contributed by atoms with Crippen LogP contribution < -0.4 is 4.90 Å². The quantitative estimate of drug-likeness (QED) is 0.795. The molecule has 5 heteroatoms. The van der Waals surface area contributed by atoms with Gasteiger partial charge in [-0.25, -0.2) is 4.79 Å². The summed E-state index contributed by atoms with van der Waals surface area (Å²) in [6.45, 7) is 3.57. The van der Waals surface area contributed by atoms with Crippen molar-refractivity contribution in [3.05, 3.63) is 64.7 Å². The zero-order valence-corrected chi connectivity index (χ0v) is 14.3. The summed E-state index contributed by atoms with van der Waals surface area (Å²) in [5.74, 6) is -0.825. The first kappa shape index (κ1) is 16.5. The largest absolute Gasteiger partial charge is 0.449 e. The van der Waals surface area contributed by atoms with E-state index in [1.807, 2.05) is 31.2 Å². The van der Waals surface area contributed by atoms with Crippen molar-refractivity contribution in [2.45, 2.75) is 32.4 Å². The van der Waals surface area contributed by atoms with E-state index < -0.39 is 12.1 Å². The average Bonchev–Trinajstić information content (AvgIpc) is 2.90. The van der Waals surface area contributed by atoms with Crippen LogP contribution in [0.25, 0.3) is 0 Å². The summed E-state index contributed by atoms with van der Waals surface area (Å²) in [6, 6.07) is 14.5. The molecule has 0 saturated heterocycles. The molecule has 0 bridgehead atoms. The van der Waals surface area contributed by atoms with Crippen LogP contribution in [0.15, 0.2) is 48.5 Å². The number of amides is 1. The number of hydrogen-bond donors (Lipinski definition) is 0. The molecule has 24 heavy (non-hydrogen) atoms. The molecule has 0 N–H and O–H groups in total. The number of ether oxygens (including phenoxy) is 1. The zero-order chi connectivity index (χ0) is 17.3. The number of benzene rings is 2. The van der Waals surface area contributed by atoms with E-state index in [9.17, 15) is 9.59 Å². The molecule has 2 atom stereocenters. The van der Waals surface area contributed by atoms with Crippen molar-refractivity contribution < 1.29 is 14.3 Å². The van der Waals surface area contributed by atoms with E-state index in [1.165, 1.54) is 0 Å². The molecule has 1 aliphatic heterocycles. The first-order chi connectivity index (χ1) is 11.5. The Hall–Kier alpha value is -2.33. The van der Waals surface area contributed by atoms with Crippen molar-refractivity contribution in [1.82, 2.24) is 0 Å². The minimum atomic E-state index is -0.887. The molecule has 3 rings (SSSR count). The zero-order valence-electron chi connectivity index (χ0n) is 13.5. The fourth-order valence-corrected chi connectivity index (χ4v) is 3.21. The maximum absolute atomic E-state index is 12.8. The van der Waals surface area contributed by atoms with Gasteiger partial charge in [-0.2, -0.15) is 0 Å². The molecule has 0 saturated carbocycles. The van der Waals surface area contributed by atoms with Gasteiger partial charge in [0.05, 0.1) is 10.6 Å². The van der Waals surface area contributed by atoms with Gasteiger partial charge in [0.15, 0.2) is 6.10 Å². The predicted molar refractivity (Wildman–Crippen MR) is 93.4 cm³/mol. The third-order valence-corrected chi connectivity index (χ3v) is 4.50. The summed E-state index contributed by atoms with van der Waals surface area (Å²) >= 11 is 6.00. The van der Waals surface area contributed by atoms with Gasteiger partial charge < -0.3 is 9.64 Å². The number of rotatable bonds is 3. The lowest BCUT2D eigenvalue weighted by molar-refractivity contribution is -0.126. The third-order valence-electron chi connectivity index (χ3n) is 4.17. The summed E-state index contributed by atoms with van der Waals surface area (Å²) < 4.78 is 5.34. The van der Waals surface area contributed by atoms with Crippen LogP contribution in [0.4, 0.5) is 5.69 Å². The van der Waals surface area contributed by atoms with Gasteiger partial charge in [0.1, 0.15) is 0 Å². The van der Waals surface area contributed by atoms with Crippen LogP contribution in [0.2, 0.25) is 5.02 Å². The van der Waals surface area contributed by atoms with Gasteiger partial charge in [0.25, 0.3) is 5.91 Å². The lowest BCUT2D eigenvalue weighted by Crippen LogP contribution is -2.43. The number of halogens is 1. The molecule has 0 aliphatic carbocycles. The molecule has 1 aliphatic rings. The Bertz CT molecular complexity index is 790. The van der Waals surface area contributed by atoms with E-state index in [2.05, 4.69) is 0 Å². The normalized spacial score (nSPS) is 17.3. The van der Waals surface area contributed by atoms with E-state index in [0.29, 0.717) is 5.02 Å². The second-order valence-electron chi connectivity index (χ2n) is 5.92. The molecule has 2 aromatic carbocycles. The van der Waals surface area contributed by atoms with Gasteiger partial charge in [-0.15, -0.1) is 0 Å². The molecule has 0 spiro atoms. The summed E-state index contributed by atoms with van der Waals surface area (Å²) in [5.41, 5.74) is 2.27. The Morgan fingerprint density at radius 3 is 2.58 bits per heavy atom. The van der Waals surface area contributed by atoms with Crippen LogP contribution >= 0.6 is 11.6 Å². The van der Waals surface area contributed by atoms with Crippen molar-refractivity contribution in [2.24, 2.45) is 0 Å². The number of anilines is 1. The molecule has 124 valence electrons. The highest BCUT2D eigenvalue weighted by atomic mass is 35.5. The van der Waals surface area contributed by atoms with Gasteiger partial charge in [0, 0.05) is 11.7 Å². The molecule has 0 fully saturated rings. The number of carbonyl (C=O) groups is 2. The monoisotopic (exact) mass is 343 g/mol. The third kappa shape index (κ3) is 3.02. The van der Waals surface area contributed by atoms with Crippen molar-refractivity contribution in [3.63, 3.8) is 0 Å². The molecular formula is C19H18ClNO3. The van der Waals surface area contributed by atoms with Crippen molar-refractivity contribution in [3.8, 4) is 0 Å². The highest BCUT2D eigenvalue weighted by Crippen LogP contribution is 2.32. The first-order valence-corrected chi connectivity index (χ1v) is 8.23. The number of nitrogens with zero attached hydrogens (tertiary/aromatic N) is 1. The standard InChI is InChI=1S/C19H18ClNO3/c1-12-11-14-7-3-6-10-17(14)21(12)18(22)13(2)24-19(23)15-8-4-5-9-16(15)20/h3-10,12-13H,11H2,1-2H3/t12-,13+/m1/s1. The summed E-state index contributed by atoms with van der Waals surface area (Å²) in [4.78, 5) is 26.7. The van der Waals surface area contributed by atoms with Gasteiger partial charge >= 0.3 is 5.97 Å². The fourth-order valence-electron chi connectivity index (χ4n) is 3.00. The van der Waals surface area contributed by atoms with Crippen molar-refractivity contribution in [1.29, 1.82) is 0 Å². The molecule has 4 nitrogen and oxygen atoms in total. The minimum Gasteiger partial charge on any atom is -0.449 e. The average molecular weight is 344 g/mol. The predicted octanol–water partition coefficient (Wildman–Crippen LogP) is 3.86. The number of carbonyl (C=O) groups excluding carboxylic acids is 2. The minimum absolute atomic E-state index is 0.0383. The Kier molecular flexibility index (Phi) is 4.58. The fraction of sp³-hybridized carbons (Fsp3) is 0.263. The van der Waals surface area contributed by atoms with Gasteiger partial charge in [-0.3, -0.25) is 4.79 Å². The lowest BCUT2D eigenvalue weighted by Gasteiger charge is -2.26. The smallest absolute Gasteiger partial charge is 0.340 e. The molecule has 0 aromatic heterocycles. The second-order valence-corrected chi connectivity index (χ2v) is 6.32. The Morgan fingerprint density at radius 2 is 1.83 bits per heavy atom. The van der Waals surface area contributed by atoms with E-state index >= 15 is 0 Å². The van der Waals surface area contributed by atoms with E-state index in [-0.39, 0.29) is 17.5 Å². The molecule has 0 unspecified atom stereocenters. The molecule has 2 aromatic rings. The van der Waals surface area contributed by atoms with Crippen LogP contribution in [-0.2, 0) is 16.0 Å². The summed E-state index contributed by atoms with van der Waals surface area (Å²) in [5, 5.41) is 0.307. The van der Waals surface area contributed by atoms with Crippen molar-refractivity contribution in [2.75, 3.05) is 4.90 Å². The second kappa shape index (κ2) is 6.65. The summed E-state index contributed by atoms with van der Waals surface area (Å²) in [7, 11) is 0. The highest BCUT2D eigenvalue weighted by Gasteiger charge is 2.34. The van der Waals surface area contributed by atoms with E-state index in [1.54, 1.807) is 36.1 Å². The van der Waals surface area contributed by atoms with Crippen LogP contribution in [-0.4, -0.2) is 24.0 Å². The van der Waals surface area contributed by atoms with Crippen LogP contribution in [0.1, 0.15) is 29.8 Å². The van der Waals surface area contributed by atoms with Gasteiger partial charge in [-0.05, 0) is 44.0 Å². The Morgan fingerprint density at radius 1 is 1.17 bits per heavy atom. The highest BCUT2D eigenvalue weighted by molar-refractivity contribution is 6.33. The maximum Gasteiger partial charge on any atom is 0.340 e. The molecular weight excluding hydrogens is 326 g/mol. The number of para-hydroxylation sites is 1. The van der Waals surface area contributed by atoms with Crippen molar-refractivity contribution >= 4 is 29.2 Å². The SMILES string of the molecule is C[C@H](OC(=O)c1ccccc1Cl)C(=O)N1c2ccccc2C[C@H]1C. The molecule has 0 radical (unpaired) electrons. The number of esters is 1. The first-order valence-electron chi connectivity index (χ1n) is 7.85. The van der Waals surface area contributed by atoms with Gasteiger partial charge in [0.2, 0.25) is 0 Å². The topological polar surface area (TPSA) is 46.6 Å². The van der Waals surface area contributed by atoms with E-state index in [0.717, 1.165) is 17.7 Å². The molecule has 1 heterocycles. The van der Waals surface area contributed by atoms with E-state index in [4.69, 9.17) is 16.3 Å². The number of hydrogen-bond acceptors (Lipinski definition) is 3. The Balaban J connectivity index is 1.76.